The molecule has 1 heterocycles. The summed E-state index contributed by atoms with van der Waals surface area (Å²) in [4.78, 5) is 86.5. The number of amides is 7. The van der Waals surface area contributed by atoms with Crippen LogP contribution in [-0.2, 0) is 43.0 Å². The lowest BCUT2D eigenvalue weighted by molar-refractivity contribution is -0.293. The molecule has 0 unspecified atom stereocenters. The van der Waals surface area contributed by atoms with Gasteiger partial charge in [-0.2, -0.15) is 0 Å². The van der Waals surface area contributed by atoms with Crippen molar-refractivity contribution in [1.29, 1.82) is 0 Å². The number of aliphatic hydroxyl groups is 3. The molecule has 0 spiro atoms. The van der Waals surface area contributed by atoms with Crippen LogP contribution in [0.1, 0.15) is 91.4 Å². The third-order valence-electron chi connectivity index (χ3n) is 8.76. The second-order valence-corrected chi connectivity index (χ2v) is 13.8. The first-order valence-electron chi connectivity index (χ1n) is 18.7. The van der Waals surface area contributed by atoms with Gasteiger partial charge in [0.2, 0.25) is 41.4 Å². The fraction of sp³-hybridized carbons (Fsp3) is 0.794. The van der Waals surface area contributed by atoms with Gasteiger partial charge in [0.25, 0.3) is 0 Å². The summed E-state index contributed by atoms with van der Waals surface area (Å²) in [6.07, 6.45) is -2.95. The van der Waals surface area contributed by atoms with Crippen LogP contribution in [0.15, 0.2) is 0 Å². The Labute approximate surface area is 321 Å². The fourth-order valence-corrected chi connectivity index (χ4v) is 5.33. The van der Waals surface area contributed by atoms with Crippen molar-refractivity contribution in [1.82, 2.24) is 26.6 Å². The number of unbranched alkanes of at least 4 members (excludes halogenated alkanes) is 4. The van der Waals surface area contributed by atoms with Crippen molar-refractivity contribution < 1.29 is 58.4 Å². The number of primary amides is 2. The average molecular weight is 790 g/mol. The van der Waals surface area contributed by atoms with Gasteiger partial charge in [0.05, 0.1) is 18.2 Å². The van der Waals surface area contributed by atoms with Gasteiger partial charge >= 0.3 is 0 Å². The molecule has 0 aromatic carbocycles. The molecule has 0 saturated carbocycles. The van der Waals surface area contributed by atoms with Gasteiger partial charge in [-0.15, -0.1) is 0 Å². The molecule has 0 bridgehead atoms. The maximum Gasteiger partial charge on any atom is 0.243 e. The van der Waals surface area contributed by atoms with Crippen molar-refractivity contribution in [3.63, 3.8) is 0 Å². The topological polar surface area (TPSA) is 363 Å². The summed E-state index contributed by atoms with van der Waals surface area (Å²) in [5.41, 5.74) is 21.7. The smallest absolute Gasteiger partial charge is 0.243 e. The Hall–Kier alpha value is -3.99. The van der Waals surface area contributed by atoms with Gasteiger partial charge in [0, 0.05) is 32.5 Å². The largest absolute Gasteiger partial charge is 0.388 e. The zero-order valence-electron chi connectivity index (χ0n) is 32.0. The molecular weight excluding hydrogens is 726 g/mol. The molecule has 0 radical (unpaired) electrons. The van der Waals surface area contributed by atoms with E-state index >= 15 is 0 Å². The summed E-state index contributed by atoms with van der Waals surface area (Å²) in [5.74, 6) is -4.36. The van der Waals surface area contributed by atoms with Gasteiger partial charge in [-0.1, -0.05) is 12.8 Å². The lowest BCUT2D eigenvalue weighted by Crippen LogP contribution is -2.57. The first-order valence-corrected chi connectivity index (χ1v) is 18.7. The van der Waals surface area contributed by atoms with Crippen molar-refractivity contribution in [2.24, 2.45) is 22.9 Å². The molecule has 1 rings (SSSR count). The number of carbonyl (C=O) groups is 7. The lowest BCUT2D eigenvalue weighted by atomic mass is 10.0. The number of rotatable bonds is 27. The quantitative estimate of drug-likeness (QED) is 0.0349. The summed E-state index contributed by atoms with van der Waals surface area (Å²) < 4.78 is 10.9. The highest BCUT2D eigenvalue weighted by molar-refractivity contribution is 5.93. The zero-order chi connectivity index (χ0) is 41.7. The van der Waals surface area contributed by atoms with Crippen LogP contribution in [0, 0.1) is 0 Å². The van der Waals surface area contributed by atoms with Crippen molar-refractivity contribution >= 4 is 41.4 Å². The van der Waals surface area contributed by atoms with E-state index in [1.807, 2.05) is 0 Å². The second kappa shape index (κ2) is 26.0. The molecule has 0 aliphatic carbocycles. The van der Waals surface area contributed by atoms with Crippen LogP contribution in [0.5, 0.6) is 0 Å². The third kappa shape index (κ3) is 19.4. The number of hydrogen-bond acceptors (Lipinski definition) is 14. The predicted molar refractivity (Wildman–Crippen MR) is 197 cm³/mol. The van der Waals surface area contributed by atoms with Crippen LogP contribution in [-0.4, -0.2) is 137 Å². The maximum absolute atomic E-state index is 13.3. The zero-order valence-corrected chi connectivity index (χ0v) is 32.0. The van der Waals surface area contributed by atoms with E-state index in [0.29, 0.717) is 38.5 Å². The predicted octanol–water partition coefficient (Wildman–Crippen LogP) is -4.53. The Bertz CT molecular complexity index is 1260. The molecule has 1 aliphatic heterocycles. The molecule has 0 aromatic rings. The van der Waals surface area contributed by atoms with Crippen molar-refractivity contribution in [3.8, 4) is 0 Å². The minimum Gasteiger partial charge on any atom is -0.388 e. The van der Waals surface area contributed by atoms with E-state index in [-0.39, 0.29) is 51.8 Å². The van der Waals surface area contributed by atoms with E-state index in [0.717, 1.165) is 0 Å². The van der Waals surface area contributed by atoms with Crippen LogP contribution >= 0.6 is 0 Å². The Morgan fingerprint density at radius 3 is 1.53 bits per heavy atom. The molecular formula is C34H63N9O12. The number of aliphatic hydroxyl groups excluding tert-OH is 3. The van der Waals surface area contributed by atoms with Gasteiger partial charge in [0.1, 0.15) is 36.4 Å². The highest BCUT2D eigenvalue weighted by Crippen LogP contribution is 2.22. The maximum atomic E-state index is 13.3. The monoisotopic (exact) mass is 789 g/mol. The number of nitrogens with two attached hydrogens (primary N) is 4. The number of hydrogen-bond donors (Lipinski definition) is 12. The van der Waals surface area contributed by atoms with Gasteiger partial charge in [-0.05, 0) is 65.7 Å². The normalized spacial score (nSPS) is 22.2. The first kappa shape index (κ1) is 49.0. The molecule has 21 nitrogen and oxygen atoms in total. The summed E-state index contributed by atoms with van der Waals surface area (Å²) >= 11 is 0. The second-order valence-electron chi connectivity index (χ2n) is 13.8. The molecule has 16 N–H and O–H groups in total. The van der Waals surface area contributed by atoms with E-state index in [9.17, 15) is 48.9 Å². The van der Waals surface area contributed by atoms with Gasteiger partial charge in [-0.3, -0.25) is 33.6 Å². The number of nitrogens with one attached hydrogen (secondary N) is 5. The van der Waals surface area contributed by atoms with Crippen molar-refractivity contribution in [2.75, 3.05) is 19.7 Å². The van der Waals surface area contributed by atoms with E-state index in [4.69, 9.17) is 32.4 Å². The molecule has 21 heteroatoms. The minimum atomic E-state index is -1.39. The van der Waals surface area contributed by atoms with Gasteiger partial charge < -0.3 is 74.3 Å². The summed E-state index contributed by atoms with van der Waals surface area (Å²) in [5, 5.41) is 42.9. The molecule has 0 aromatic heterocycles. The Morgan fingerprint density at radius 1 is 0.600 bits per heavy atom. The minimum absolute atomic E-state index is 0.0340. The van der Waals surface area contributed by atoms with Gasteiger partial charge in [-0.25, -0.2) is 0 Å². The first-order chi connectivity index (χ1) is 25.8. The third-order valence-corrected chi connectivity index (χ3v) is 8.76. The highest BCUT2D eigenvalue weighted by atomic mass is 16.7. The summed E-state index contributed by atoms with van der Waals surface area (Å²) in [7, 11) is 0. The van der Waals surface area contributed by atoms with Crippen LogP contribution in [0.4, 0.5) is 0 Å². The molecule has 10 atom stereocenters. The van der Waals surface area contributed by atoms with Crippen LogP contribution < -0.4 is 49.5 Å². The summed E-state index contributed by atoms with van der Waals surface area (Å²) in [6, 6.07) is -5.16. The van der Waals surface area contributed by atoms with E-state index in [2.05, 4.69) is 26.6 Å². The number of ether oxygens (including phenoxy) is 2. The fourth-order valence-electron chi connectivity index (χ4n) is 5.33. The standard InChI is InChI=1S/C34H63N9O12/c1-18(35)29(49)41-22(11-13-24(37)44)32(52)40-16-8-6-10-21(43-33(53)23(12-14-25(38)45)42-30(50)19(2)36)31(51)39-15-7-4-5-9-17-54-34-28(48)27(47)26(46)20(3)55-34/h18-23,26-28,34,46-48H,4-17,35-36H2,1-3H3,(H2,37,44)(H2,38,45)(H,39,51)(H,40,52)(H,41,49)(H,42,50)(H,43,53)/t18-,19-,20+,21+,22+,23+,26-,27-,28+,34+/m1/s1. The SMILES string of the molecule is C[C@@H]1O[C@H](OCCCCCCNC(=O)[C@H](CCCCNC(=O)[C@H](CCC(N)=O)NC(=O)[C@@H](C)N)NC(=O)[C@H](CCC(N)=O)NC(=O)[C@@H](C)N)[C@@H](O)[C@H](O)[C@@H]1O. The van der Waals surface area contributed by atoms with Crippen LogP contribution in [0.25, 0.3) is 0 Å². The van der Waals surface area contributed by atoms with Crippen LogP contribution in [0.3, 0.4) is 0 Å². The number of carbonyl (C=O) groups excluding carboxylic acids is 7. The molecule has 1 fully saturated rings. The van der Waals surface area contributed by atoms with E-state index in [1.165, 1.54) is 13.8 Å². The average Bonchev–Trinajstić information content (AvgIpc) is 3.12. The molecule has 1 saturated heterocycles. The highest BCUT2D eigenvalue weighted by Gasteiger charge is 2.42. The Morgan fingerprint density at radius 2 is 1.04 bits per heavy atom. The molecule has 316 valence electrons. The Kier molecular flexibility index (Phi) is 23.2. The van der Waals surface area contributed by atoms with E-state index < -0.39 is 102 Å². The molecule has 7 amide bonds. The van der Waals surface area contributed by atoms with Gasteiger partial charge in [0.15, 0.2) is 6.29 Å². The lowest BCUT2D eigenvalue weighted by Gasteiger charge is -2.38. The Balaban J connectivity index is 2.77. The van der Waals surface area contributed by atoms with Crippen molar-refractivity contribution in [3.05, 3.63) is 0 Å². The molecule has 55 heavy (non-hydrogen) atoms. The summed E-state index contributed by atoms with van der Waals surface area (Å²) in [6.45, 7) is 5.04. The van der Waals surface area contributed by atoms with Crippen LogP contribution in [0.2, 0.25) is 0 Å². The van der Waals surface area contributed by atoms with Crippen molar-refractivity contribution in [2.45, 2.75) is 152 Å². The van der Waals surface area contributed by atoms with E-state index in [1.54, 1.807) is 6.92 Å². The molecule has 1 aliphatic rings.